The summed E-state index contributed by atoms with van der Waals surface area (Å²) in [6, 6.07) is 13.2. The van der Waals surface area contributed by atoms with Crippen molar-refractivity contribution in [3.05, 3.63) is 90.0 Å². The van der Waals surface area contributed by atoms with Crippen molar-refractivity contribution in [1.82, 2.24) is 15.0 Å². The zero-order valence-corrected chi connectivity index (χ0v) is 24.3. The van der Waals surface area contributed by atoms with Crippen LogP contribution in [0.1, 0.15) is 68.1 Å². The molecule has 1 aromatic carbocycles. The first-order chi connectivity index (χ1) is 20.2. The van der Waals surface area contributed by atoms with Crippen molar-refractivity contribution in [3.8, 4) is 0 Å². The Morgan fingerprint density at radius 3 is 2.55 bits per heavy atom. The highest BCUT2D eigenvalue weighted by molar-refractivity contribution is 7.90. The van der Waals surface area contributed by atoms with Gasteiger partial charge in [0.05, 0.1) is 24.4 Å². The third-order valence-electron chi connectivity index (χ3n) is 7.73. The smallest absolute Gasteiger partial charge is 0.304 e. The standard InChI is InChI=1S/C31H39N3O7S/c35-27(25-10-7-17-32-21-25)22-33-18-16-31(30(38)34-42(39,40)19-14-29(36)37)15-13-24(23-8-3-1-4-9-23)20-28(31)41-26-11-5-2-6-12-26/h1,3-4,7-10,13,15,17,20-21,24,26-27,33,35H,2,5-6,11-12,14,16,18-19,22H2,(H,34,38)(H,36,37)/t24?,27-,31?/m0/s1. The average Bonchev–Trinajstić information content (AvgIpc) is 3.00. The van der Waals surface area contributed by atoms with Gasteiger partial charge in [0.2, 0.25) is 10.0 Å². The fraction of sp³-hybridized carbons (Fsp3) is 0.452. The van der Waals surface area contributed by atoms with Crippen LogP contribution in [0.3, 0.4) is 0 Å². The van der Waals surface area contributed by atoms with E-state index in [2.05, 4.69) is 15.0 Å². The molecule has 1 saturated carbocycles. The van der Waals surface area contributed by atoms with E-state index in [0.717, 1.165) is 37.7 Å². The van der Waals surface area contributed by atoms with Gasteiger partial charge in [-0.25, -0.2) is 8.42 Å². The van der Waals surface area contributed by atoms with Crippen LogP contribution in [0.15, 0.2) is 78.8 Å². The summed E-state index contributed by atoms with van der Waals surface area (Å²) in [4.78, 5) is 29.0. The zero-order chi connectivity index (χ0) is 30.0. The molecular formula is C31H39N3O7S. The van der Waals surface area contributed by atoms with Crippen molar-refractivity contribution in [1.29, 1.82) is 0 Å². The lowest BCUT2D eigenvalue weighted by Crippen LogP contribution is -2.48. The molecule has 0 spiro atoms. The molecule has 226 valence electrons. The average molecular weight is 598 g/mol. The summed E-state index contributed by atoms with van der Waals surface area (Å²) >= 11 is 0. The molecule has 1 amide bonds. The number of pyridine rings is 1. The van der Waals surface area contributed by atoms with Gasteiger partial charge in [-0.15, -0.1) is 0 Å². The van der Waals surface area contributed by atoms with Gasteiger partial charge in [0.25, 0.3) is 5.91 Å². The molecule has 1 aromatic heterocycles. The second kappa shape index (κ2) is 14.6. The summed E-state index contributed by atoms with van der Waals surface area (Å²) in [6.45, 7) is 0.449. The normalized spacial score (nSPS) is 21.7. The van der Waals surface area contributed by atoms with E-state index >= 15 is 0 Å². The van der Waals surface area contributed by atoms with Gasteiger partial charge in [0.1, 0.15) is 11.2 Å². The maximum absolute atomic E-state index is 13.9. The lowest BCUT2D eigenvalue weighted by atomic mass is 9.75. The van der Waals surface area contributed by atoms with E-state index in [0.29, 0.717) is 11.3 Å². The molecule has 4 N–H and O–H groups in total. The molecule has 2 unspecified atom stereocenters. The van der Waals surface area contributed by atoms with Crippen molar-refractivity contribution < 1.29 is 33.0 Å². The zero-order valence-electron chi connectivity index (χ0n) is 23.5. The summed E-state index contributed by atoms with van der Waals surface area (Å²) in [5.41, 5.74) is 0.177. The summed E-state index contributed by atoms with van der Waals surface area (Å²) in [5, 5.41) is 22.7. The summed E-state index contributed by atoms with van der Waals surface area (Å²) in [7, 11) is -4.23. The number of benzene rings is 1. The lowest BCUT2D eigenvalue weighted by Gasteiger charge is -2.38. The number of aliphatic carboxylic acids is 1. The number of ether oxygens (including phenoxy) is 1. The fourth-order valence-electron chi connectivity index (χ4n) is 5.33. The van der Waals surface area contributed by atoms with E-state index in [1.165, 1.54) is 0 Å². The van der Waals surface area contributed by atoms with Crippen molar-refractivity contribution in [2.24, 2.45) is 5.41 Å². The van der Waals surface area contributed by atoms with Crippen molar-refractivity contribution in [2.75, 3.05) is 18.8 Å². The van der Waals surface area contributed by atoms with Crippen LogP contribution in [0.4, 0.5) is 0 Å². The largest absolute Gasteiger partial charge is 0.494 e. The van der Waals surface area contributed by atoms with Crippen LogP contribution in [0, 0.1) is 5.41 Å². The number of carbonyl (C=O) groups excluding carboxylic acids is 1. The third kappa shape index (κ3) is 8.50. The fourth-order valence-corrected chi connectivity index (χ4v) is 6.34. The van der Waals surface area contributed by atoms with Gasteiger partial charge in [-0.2, -0.15) is 0 Å². The molecule has 4 rings (SSSR count). The number of aliphatic hydroxyl groups is 1. The number of allylic oxidation sites excluding steroid dienone is 2. The van der Waals surface area contributed by atoms with Crippen molar-refractivity contribution in [3.63, 3.8) is 0 Å². The molecular weight excluding hydrogens is 558 g/mol. The molecule has 3 atom stereocenters. The van der Waals surface area contributed by atoms with Crippen LogP contribution >= 0.6 is 0 Å². The number of rotatable bonds is 14. The first kappa shape index (κ1) is 31.4. The molecule has 10 nitrogen and oxygen atoms in total. The summed E-state index contributed by atoms with van der Waals surface area (Å²) in [6.07, 6.45) is 12.1. The third-order valence-corrected chi connectivity index (χ3v) is 8.97. The summed E-state index contributed by atoms with van der Waals surface area (Å²) < 4.78 is 34.2. The van der Waals surface area contributed by atoms with Crippen LogP contribution in [0.25, 0.3) is 0 Å². The second-order valence-corrected chi connectivity index (χ2v) is 12.7. The van der Waals surface area contributed by atoms with Gasteiger partial charge in [-0.1, -0.05) is 55.0 Å². The molecule has 11 heteroatoms. The molecule has 1 fully saturated rings. The number of nitrogens with zero attached hydrogens (tertiary/aromatic N) is 1. The Balaban J connectivity index is 1.61. The van der Waals surface area contributed by atoms with Crippen molar-refractivity contribution >= 4 is 21.9 Å². The Bertz CT molecular complexity index is 1360. The first-order valence-electron chi connectivity index (χ1n) is 14.4. The second-order valence-electron chi connectivity index (χ2n) is 10.8. The van der Waals surface area contributed by atoms with Gasteiger partial charge in [-0.3, -0.25) is 19.3 Å². The molecule has 0 bridgehead atoms. The lowest BCUT2D eigenvalue weighted by molar-refractivity contribution is -0.136. The Labute approximate surface area is 247 Å². The molecule has 2 aromatic rings. The number of hydrogen-bond donors (Lipinski definition) is 4. The van der Waals surface area contributed by atoms with Gasteiger partial charge in [0, 0.05) is 30.4 Å². The van der Waals surface area contributed by atoms with Gasteiger partial charge in [-0.05, 0) is 56.4 Å². The number of hydrogen-bond acceptors (Lipinski definition) is 8. The molecule has 0 radical (unpaired) electrons. The van der Waals surface area contributed by atoms with Crippen LogP contribution in [0.2, 0.25) is 0 Å². The van der Waals surface area contributed by atoms with E-state index in [9.17, 15) is 23.1 Å². The van der Waals surface area contributed by atoms with E-state index in [1.807, 2.05) is 42.5 Å². The topological polar surface area (TPSA) is 155 Å². The maximum atomic E-state index is 13.9. The highest BCUT2D eigenvalue weighted by Gasteiger charge is 2.45. The number of aliphatic hydroxyl groups excluding tert-OH is 1. The Morgan fingerprint density at radius 2 is 1.86 bits per heavy atom. The van der Waals surface area contributed by atoms with E-state index in [1.54, 1.807) is 30.6 Å². The Hall–Kier alpha value is -3.54. The Kier molecular flexibility index (Phi) is 10.9. The van der Waals surface area contributed by atoms with Crippen LogP contribution < -0.4 is 10.0 Å². The number of sulfonamides is 1. The highest BCUT2D eigenvalue weighted by atomic mass is 32.2. The predicted molar refractivity (Wildman–Crippen MR) is 158 cm³/mol. The van der Waals surface area contributed by atoms with Crippen LogP contribution in [-0.4, -0.2) is 60.4 Å². The minimum atomic E-state index is -4.23. The molecule has 42 heavy (non-hydrogen) atoms. The monoisotopic (exact) mass is 597 g/mol. The SMILES string of the molecule is O=C(O)CCS(=O)(=O)NC(=O)C1(CCNC[C@H](O)c2cccnc2)C=CC(c2ccccc2)C=C1OC1CCCCC1. The predicted octanol–water partition coefficient (Wildman–Crippen LogP) is 3.59. The number of carboxylic acids is 1. The van der Waals surface area contributed by atoms with Gasteiger partial charge in [0.15, 0.2) is 0 Å². The van der Waals surface area contributed by atoms with Crippen LogP contribution in [-0.2, 0) is 24.3 Å². The molecule has 1 heterocycles. The quantitative estimate of drug-likeness (QED) is 0.189. The van der Waals surface area contributed by atoms with E-state index in [-0.39, 0.29) is 31.5 Å². The number of amides is 1. The number of aromatic nitrogens is 1. The Morgan fingerprint density at radius 1 is 1.10 bits per heavy atom. The van der Waals surface area contributed by atoms with E-state index in [4.69, 9.17) is 9.84 Å². The number of carbonyl (C=O) groups is 2. The molecule has 0 saturated heterocycles. The first-order valence-corrected chi connectivity index (χ1v) is 16.0. The minimum Gasteiger partial charge on any atom is -0.494 e. The highest BCUT2D eigenvalue weighted by Crippen LogP contribution is 2.43. The van der Waals surface area contributed by atoms with Crippen LogP contribution in [0.5, 0.6) is 0 Å². The van der Waals surface area contributed by atoms with Gasteiger partial charge >= 0.3 is 5.97 Å². The van der Waals surface area contributed by atoms with Gasteiger partial charge < -0.3 is 20.3 Å². The number of carboxylic acid groups (broad SMARTS) is 1. The maximum Gasteiger partial charge on any atom is 0.304 e. The summed E-state index contributed by atoms with van der Waals surface area (Å²) in [5.74, 6) is -2.60. The number of nitrogens with one attached hydrogen (secondary N) is 2. The van der Waals surface area contributed by atoms with Crippen molar-refractivity contribution in [2.45, 2.75) is 63.1 Å². The molecule has 2 aliphatic carbocycles. The molecule has 2 aliphatic rings. The van der Waals surface area contributed by atoms with E-state index < -0.39 is 45.6 Å². The minimum absolute atomic E-state index is 0.107. The molecule has 0 aliphatic heterocycles.